The number of rotatable bonds is 8. The Morgan fingerprint density at radius 2 is 2.00 bits per heavy atom. The van der Waals surface area contributed by atoms with E-state index in [1.165, 1.54) is 12.8 Å². The van der Waals surface area contributed by atoms with E-state index in [-0.39, 0.29) is 5.91 Å². The smallest absolute Gasteiger partial charge is 0.251 e. The van der Waals surface area contributed by atoms with Crippen LogP contribution >= 0.6 is 0 Å². The average Bonchev–Trinajstić information content (AvgIpc) is 2.56. The van der Waals surface area contributed by atoms with Crippen LogP contribution in [-0.2, 0) is 6.54 Å². The summed E-state index contributed by atoms with van der Waals surface area (Å²) in [7, 11) is 1.64. The maximum atomic E-state index is 11.6. The lowest BCUT2D eigenvalue weighted by molar-refractivity contribution is 0.0963. The lowest BCUT2D eigenvalue weighted by atomic mass is 10.1. The van der Waals surface area contributed by atoms with E-state index in [0.717, 1.165) is 31.0 Å². The number of unbranched alkanes of at least 4 members (excludes halogenated alkanes) is 2. The molecule has 0 unspecified atom stereocenters. The second kappa shape index (κ2) is 10.7. The molecule has 3 N–H and O–H groups in total. The molecule has 0 fully saturated rings. The van der Waals surface area contributed by atoms with E-state index in [9.17, 15) is 4.79 Å². The summed E-state index contributed by atoms with van der Waals surface area (Å²) >= 11 is 0. The highest BCUT2D eigenvalue weighted by atomic mass is 16.1. The van der Waals surface area contributed by atoms with E-state index < -0.39 is 0 Å². The average molecular weight is 304 g/mol. The third-order valence-electron chi connectivity index (χ3n) is 3.25. The maximum absolute atomic E-state index is 11.6. The van der Waals surface area contributed by atoms with Crippen molar-refractivity contribution in [2.45, 2.75) is 39.7 Å². The molecule has 0 aliphatic rings. The Kier molecular flexibility index (Phi) is 8.72. The van der Waals surface area contributed by atoms with E-state index in [1.54, 1.807) is 13.1 Å². The molecule has 0 bridgehead atoms. The molecule has 0 aliphatic heterocycles. The van der Waals surface area contributed by atoms with Gasteiger partial charge in [0.25, 0.3) is 5.91 Å². The molecule has 0 aliphatic carbocycles. The van der Waals surface area contributed by atoms with Gasteiger partial charge in [0.05, 0.1) is 6.54 Å². The summed E-state index contributed by atoms with van der Waals surface area (Å²) in [5, 5.41) is 9.21. The number of hydrogen-bond donors (Lipinski definition) is 3. The van der Waals surface area contributed by atoms with Crippen LogP contribution in [0.1, 0.15) is 49.0 Å². The molecule has 5 nitrogen and oxygen atoms in total. The zero-order valence-electron chi connectivity index (χ0n) is 13.9. The zero-order valence-corrected chi connectivity index (χ0v) is 13.9. The minimum atomic E-state index is -0.0737. The number of benzene rings is 1. The molecule has 0 saturated heterocycles. The van der Waals surface area contributed by atoms with Gasteiger partial charge in [0.2, 0.25) is 0 Å². The molecule has 0 heterocycles. The van der Waals surface area contributed by atoms with Crippen LogP contribution in [0.4, 0.5) is 0 Å². The predicted octanol–water partition coefficient (Wildman–Crippen LogP) is 2.29. The summed E-state index contributed by atoms with van der Waals surface area (Å²) in [6, 6.07) is 7.55. The number of nitrogens with zero attached hydrogens (tertiary/aromatic N) is 1. The molecule has 0 aromatic heterocycles. The third kappa shape index (κ3) is 6.61. The molecule has 0 spiro atoms. The first-order chi connectivity index (χ1) is 10.7. The molecule has 0 atom stereocenters. The van der Waals surface area contributed by atoms with E-state index in [1.807, 2.05) is 18.2 Å². The van der Waals surface area contributed by atoms with Crippen molar-refractivity contribution < 1.29 is 4.79 Å². The minimum absolute atomic E-state index is 0.0737. The molecule has 0 saturated carbocycles. The number of carbonyl (C=O) groups excluding carboxylic acids is 1. The molecule has 122 valence electrons. The van der Waals surface area contributed by atoms with Gasteiger partial charge in [0, 0.05) is 25.7 Å². The first-order valence-electron chi connectivity index (χ1n) is 8.04. The Bertz CT molecular complexity index is 485. The van der Waals surface area contributed by atoms with Gasteiger partial charge in [-0.05, 0) is 31.0 Å². The van der Waals surface area contributed by atoms with Crippen LogP contribution in [0.3, 0.4) is 0 Å². The van der Waals surface area contributed by atoms with Crippen LogP contribution in [0.25, 0.3) is 0 Å². The highest BCUT2D eigenvalue weighted by Crippen LogP contribution is 2.06. The van der Waals surface area contributed by atoms with Gasteiger partial charge in [-0.25, -0.2) is 4.99 Å². The van der Waals surface area contributed by atoms with Gasteiger partial charge in [-0.1, -0.05) is 31.9 Å². The van der Waals surface area contributed by atoms with E-state index in [0.29, 0.717) is 12.1 Å². The molecule has 1 aromatic rings. The fourth-order valence-corrected chi connectivity index (χ4v) is 2.05. The SMILES string of the molecule is CCCCCNC(=NCc1cccc(C(=O)NC)c1)NCC. The largest absolute Gasteiger partial charge is 0.357 e. The third-order valence-corrected chi connectivity index (χ3v) is 3.25. The lowest BCUT2D eigenvalue weighted by Crippen LogP contribution is -2.37. The van der Waals surface area contributed by atoms with Crippen LogP contribution in [0, 0.1) is 0 Å². The molecule has 1 aromatic carbocycles. The van der Waals surface area contributed by atoms with Crippen LogP contribution in [0.15, 0.2) is 29.3 Å². The van der Waals surface area contributed by atoms with Gasteiger partial charge in [-0.15, -0.1) is 0 Å². The summed E-state index contributed by atoms with van der Waals surface area (Å²) in [4.78, 5) is 16.2. The molecular formula is C17H28N4O. The van der Waals surface area contributed by atoms with E-state index >= 15 is 0 Å². The summed E-state index contributed by atoms with van der Waals surface area (Å²) in [6.45, 7) is 6.55. The Morgan fingerprint density at radius 1 is 1.18 bits per heavy atom. The summed E-state index contributed by atoms with van der Waals surface area (Å²) in [6.07, 6.45) is 3.58. The lowest BCUT2D eigenvalue weighted by Gasteiger charge is -2.11. The van der Waals surface area contributed by atoms with Crippen molar-refractivity contribution >= 4 is 11.9 Å². The Labute approximate surface area is 133 Å². The summed E-state index contributed by atoms with van der Waals surface area (Å²) in [5.74, 6) is 0.749. The quantitative estimate of drug-likeness (QED) is 0.392. The van der Waals surface area contributed by atoms with Crippen molar-refractivity contribution in [1.82, 2.24) is 16.0 Å². The first-order valence-corrected chi connectivity index (χ1v) is 8.04. The van der Waals surface area contributed by atoms with Crippen LogP contribution in [0.5, 0.6) is 0 Å². The number of carbonyl (C=O) groups is 1. The second-order valence-electron chi connectivity index (χ2n) is 5.11. The van der Waals surface area contributed by atoms with Gasteiger partial charge in [-0.3, -0.25) is 4.79 Å². The van der Waals surface area contributed by atoms with Crippen molar-refractivity contribution in [2.24, 2.45) is 4.99 Å². The summed E-state index contributed by atoms with van der Waals surface area (Å²) in [5.41, 5.74) is 1.68. The molecule has 0 radical (unpaired) electrons. The van der Waals surface area contributed by atoms with Crippen LogP contribution in [-0.4, -0.2) is 32.0 Å². The fourth-order valence-electron chi connectivity index (χ4n) is 2.05. The fraction of sp³-hybridized carbons (Fsp3) is 0.529. The van der Waals surface area contributed by atoms with E-state index in [4.69, 9.17) is 0 Å². The maximum Gasteiger partial charge on any atom is 0.251 e. The standard InChI is InChI=1S/C17H28N4O/c1-4-6-7-11-20-17(19-5-2)21-13-14-9-8-10-15(12-14)16(22)18-3/h8-10,12H,4-7,11,13H2,1-3H3,(H,18,22)(H2,19,20,21). The van der Waals surface area contributed by atoms with Gasteiger partial charge in [-0.2, -0.15) is 0 Å². The molecule has 5 heteroatoms. The van der Waals surface area contributed by atoms with Crippen molar-refractivity contribution in [1.29, 1.82) is 0 Å². The number of guanidine groups is 1. The van der Waals surface area contributed by atoms with Gasteiger partial charge < -0.3 is 16.0 Å². The van der Waals surface area contributed by atoms with Crippen molar-refractivity contribution in [2.75, 3.05) is 20.1 Å². The predicted molar refractivity (Wildman–Crippen MR) is 92.2 cm³/mol. The normalized spacial score (nSPS) is 11.1. The summed E-state index contributed by atoms with van der Waals surface area (Å²) < 4.78 is 0. The number of aliphatic imine (C=N–C) groups is 1. The monoisotopic (exact) mass is 304 g/mol. The molecule has 1 rings (SSSR count). The first kappa shape index (κ1) is 18.0. The number of nitrogens with one attached hydrogen (secondary N) is 3. The second-order valence-corrected chi connectivity index (χ2v) is 5.11. The van der Waals surface area contributed by atoms with Crippen LogP contribution in [0.2, 0.25) is 0 Å². The topological polar surface area (TPSA) is 65.5 Å². The minimum Gasteiger partial charge on any atom is -0.357 e. The molecule has 22 heavy (non-hydrogen) atoms. The van der Waals surface area contributed by atoms with Gasteiger partial charge in [0.1, 0.15) is 0 Å². The van der Waals surface area contributed by atoms with Crippen molar-refractivity contribution in [3.8, 4) is 0 Å². The Hall–Kier alpha value is -2.04. The van der Waals surface area contributed by atoms with Gasteiger partial charge >= 0.3 is 0 Å². The van der Waals surface area contributed by atoms with E-state index in [2.05, 4.69) is 34.8 Å². The highest BCUT2D eigenvalue weighted by molar-refractivity contribution is 5.94. The van der Waals surface area contributed by atoms with Crippen LogP contribution < -0.4 is 16.0 Å². The highest BCUT2D eigenvalue weighted by Gasteiger charge is 2.03. The Morgan fingerprint density at radius 3 is 2.68 bits per heavy atom. The molecule has 1 amide bonds. The zero-order chi connectivity index (χ0) is 16.2. The molecular weight excluding hydrogens is 276 g/mol. The Balaban J connectivity index is 2.63. The number of amides is 1. The van der Waals surface area contributed by atoms with Crippen molar-refractivity contribution in [3.05, 3.63) is 35.4 Å². The van der Waals surface area contributed by atoms with Crippen molar-refractivity contribution in [3.63, 3.8) is 0 Å². The number of hydrogen-bond acceptors (Lipinski definition) is 2. The van der Waals surface area contributed by atoms with Gasteiger partial charge in [0.15, 0.2) is 5.96 Å².